The largest absolute Gasteiger partial charge is 0.478 e. The molecule has 3 N–H and O–H groups in total. The van der Waals surface area contributed by atoms with Gasteiger partial charge in [-0.1, -0.05) is 18.2 Å². The third-order valence-corrected chi connectivity index (χ3v) is 5.06. The molecule has 1 saturated heterocycles. The van der Waals surface area contributed by atoms with Crippen LogP contribution in [0.2, 0.25) is 0 Å². The number of hydrogen-bond acceptors (Lipinski definition) is 5. The number of benzene rings is 2. The van der Waals surface area contributed by atoms with E-state index in [1.54, 1.807) is 25.1 Å². The van der Waals surface area contributed by atoms with Gasteiger partial charge in [-0.25, -0.2) is 18.9 Å². The second-order valence-electron chi connectivity index (χ2n) is 7.44. The Morgan fingerprint density at radius 2 is 1.91 bits per heavy atom. The summed E-state index contributed by atoms with van der Waals surface area (Å²) >= 11 is 0. The van der Waals surface area contributed by atoms with Crippen LogP contribution < -0.4 is 10.6 Å². The number of urea groups is 1. The van der Waals surface area contributed by atoms with Gasteiger partial charge in [-0.3, -0.25) is 9.59 Å². The fourth-order valence-corrected chi connectivity index (χ4v) is 3.40. The molecule has 0 atom stereocenters. The average molecular weight is 463 g/mol. The number of aryl methyl sites for hydroxylation is 1. The van der Waals surface area contributed by atoms with Gasteiger partial charge in [0.15, 0.2) is 0 Å². The second-order valence-corrected chi connectivity index (χ2v) is 7.44. The Labute approximate surface area is 192 Å². The molecule has 0 aliphatic carbocycles. The monoisotopic (exact) mass is 463 g/mol. The minimum atomic E-state index is -1.04. The van der Waals surface area contributed by atoms with Crippen LogP contribution in [0.5, 0.6) is 0 Å². The number of carbonyl (C=O) groups excluding carboxylic acids is 3. The molecular weight excluding hydrogens is 445 g/mol. The fraction of sp³-hybridized carbons (Fsp3) is 0.0833. The third-order valence-electron chi connectivity index (χ3n) is 5.06. The summed E-state index contributed by atoms with van der Waals surface area (Å²) in [5.74, 6) is -2.46. The van der Waals surface area contributed by atoms with Gasteiger partial charge in [0, 0.05) is 11.6 Å². The highest BCUT2D eigenvalue weighted by atomic mass is 19.1. The molecule has 3 aromatic rings. The highest BCUT2D eigenvalue weighted by molar-refractivity contribution is 6.15. The van der Waals surface area contributed by atoms with Gasteiger partial charge in [0.2, 0.25) is 5.91 Å². The molecule has 4 amide bonds. The molecular formula is C24H18FN3O6. The maximum absolute atomic E-state index is 13.7. The number of anilines is 1. The number of carboxylic acids is 1. The van der Waals surface area contributed by atoms with Crippen molar-refractivity contribution in [1.82, 2.24) is 10.2 Å². The highest BCUT2D eigenvalue weighted by Gasteiger charge is 2.35. The Morgan fingerprint density at radius 1 is 1.15 bits per heavy atom. The van der Waals surface area contributed by atoms with Gasteiger partial charge in [0.05, 0.1) is 11.3 Å². The maximum atomic E-state index is 13.7. The van der Waals surface area contributed by atoms with E-state index in [1.807, 2.05) is 0 Å². The van der Waals surface area contributed by atoms with E-state index >= 15 is 0 Å². The number of rotatable bonds is 6. The lowest BCUT2D eigenvalue weighted by molar-refractivity contribution is -0.127. The molecule has 2 heterocycles. The van der Waals surface area contributed by atoms with Crippen molar-refractivity contribution in [2.45, 2.75) is 6.92 Å². The Hall–Kier alpha value is -4.73. The van der Waals surface area contributed by atoms with Crippen LogP contribution >= 0.6 is 0 Å². The molecule has 9 nitrogen and oxygen atoms in total. The van der Waals surface area contributed by atoms with E-state index in [4.69, 9.17) is 9.52 Å². The molecule has 2 aromatic carbocycles. The first-order valence-corrected chi connectivity index (χ1v) is 10.1. The quantitative estimate of drug-likeness (QED) is 0.378. The number of imide groups is 1. The second kappa shape index (κ2) is 9.02. The van der Waals surface area contributed by atoms with Gasteiger partial charge >= 0.3 is 12.0 Å². The summed E-state index contributed by atoms with van der Waals surface area (Å²) in [4.78, 5) is 48.9. The Morgan fingerprint density at radius 3 is 2.62 bits per heavy atom. The van der Waals surface area contributed by atoms with Crippen molar-refractivity contribution in [3.63, 3.8) is 0 Å². The van der Waals surface area contributed by atoms with Crippen LogP contribution in [0.3, 0.4) is 0 Å². The predicted molar refractivity (Wildman–Crippen MR) is 119 cm³/mol. The molecule has 0 unspecified atom stereocenters. The van der Waals surface area contributed by atoms with Crippen molar-refractivity contribution < 1.29 is 33.1 Å². The summed E-state index contributed by atoms with van der Waals surface area (Å²) in [6, 6.07) is 12.5. The molecule has 0 saturated carbocycles. The van der Waals surface area contributed by atoms with E-state index in [2.05, 4.69) is 10.6 Å². The van der Waals surface area contributed by atoms with Crippen LogP contribution in [0.1, 0.15) is 21.7 Å². The van der Waals surface area contributed by atoms with E-state index in [0.29, 0.717) is 21.8 Å². The first-order chi connectivity index (χ1) is 16.2. The van der Waals surface area contributed by atoms with Crippen molar-refractivity contribution in [3.8, 4) is 11.3 Å². The smallest absolute Gasteiger partial charge is 0.335 e. The molecule has 172 valence electrons. The van der Waals surface area contributed by atoms with Gasteiger partial charge in [-0.05, 0) is 48.9 Å². The SMILES string of the molecule is Cc1cc(C(=O)O)ccc1-c1ccc(/C=C2\NC(=O)N(CC(=O)Nc3ccccc3F)C2=O)o1. The number of nitrogens with one attached hydrogen (secondary N) is 2. The van der Waals surface area contributed by atoms with E-state index in [9.17, 15) is 23.6 Å². The number of halogens is 1. The molecule has 10 heteroatoms. The van der Waals surface area contributed by atoms with Crippen molar-refractivity contribution in [1.29, 1.82) is 0 Å². The number of amides is 4. The normalized spacial score (nSPS) is 14.4. The van der Waals surface area contributed by atoms with Gasteiger partial charge < -0.3 is 20.2 Å². The zero-order valence-electron chi connectivity index (χ0n) is 17.8. The Kier molecular flexibility index (Phi) is 5.96. The van der Waals surface area contributed by atoms with E-state index < -0.39 is 36.2 Å². The van der Waals surface area contributed by atoms with Crippen LogP contribution in [0.15, 0.2) is 64.7 Å². The van der Waals surface area contributed by atoms with Crippen molar-refractivity contribution >= 4 is 35.6 Å². The van der Waals surface area contributed by atoms with Crippen molar-refractivity contribution in [2.24, 2.45) is 0 Å². The molecule has 4 rings (SSSR count). The molecule has 0 radical (unpaired) electrons. The third kappa shape index (κ3) is 4.56. The van der Waals surface area contributed by atoms with Crippen LogP contribution in [-0.4, -0.2) is 40.4 Å². The van der Waals surface area contributed by atoms with Crippen LogP contribution in [0.4, 0.5) is 14.9 Å². The van der Waals surface area contributed by atoms with Gasteiger partial charge in [-0.2, -0.15) is 0 Å². The number of hydrogen-bond donors (Lipinski definition) is 3. The highest BCUT2D eigenvalue weighted by Crippen LogP contribution is 2.27. The van der Waals surface area contributed by atoms with E-state index in [-0.39, 0.29) is 22.7 Å². The maximum Gasteiger partial charge on any atom is 0.335 e. The number of carbonyl (C=O) groups is 4. The molecule has 34 heavy (non-hydrogen) atoms. The molecule has 1 aromatic heterocycles. The lowest BCUT2D eigenvalue weighted by Gasteiger charge is -2.12. The summed E-state index contributed by atoms with van der Waals surface area (Å²) in [6.07, 6.45) is 1.32. The summed E-state index contributed by atoms with van der Waals surface area (Å²) < 4.78 is 19.4. The summed E-state index contributed by atoms with van der Waals surface area (Å²) in [7, 11) is 0. The lowest BCUT2D eigenvalue weighted by atomic mass is 10.0. The zero-order valence-corrected chi connectivity index (χ0v) is 17.8. The summed E-state index contributed by atoms with van der Waals surface area (Å²) in [6.45, 7) is 1.14. The van der Waals surface area contributed by atoms with Gasteiger partial charge in [-0.15, -0.1) is 0 Å². The first kappa shape index (κ1) is 22.5. The minimum Gasteiger partial charge on any atom is -0.478 e. The Bertz CT molecular complexity index is 1360. The van der Waals surface area contributed by atoms with Crippen LogP contribution in [-0.2, 0) is 9.59 Å². The Balaban J connectivity index is 1.47. The van der Waals surface area contributed by atoms with E-state index in [0.717, 1.165) is 0 Å². The predicted octanol–water partition coefficient (Wildman–Crippen LogP) is 3.62. The summed E-state index contributed by atoms with van der Waals surface area (Å²) in [5, 5.41) is 13.8. The van der Waals surface area contributed by atoms with Crippen molar-refractivity contribution in [3.05, 3.63) is 83.0 Å². The number of carboxylic acid groups (broad SMARTS) is 1. The first-order valence-electron chi connectivity index (χ1n) is 10.1. The molecule has 1 aliphatic heterocycles. The average Bonchev–Trinajstić information content (AvgIpc) is 3.35. The fourth-order valence-electron chi connectivity index (χ4n) is 3.40. The molecule has 1 aliphatic rings. The molecule has 0 spiro atoms. The number of furan rings is 1. The zero-order chi connectivity index (χ0) is 24.4. The topological polar surface area (TPSA) is 129 Å². The van der Waals surface area contributed by atoms with E-state index in [1.165, 1.54) is 42.5 Å². The van der Waals surface area contributed by atoms with Crippen LogP contribution in [0, 0.1) is 12.7 Å². The van der Waals surface area contributed by atoms with Gasteiger partial charge in [0.25, 0.3) is 5.91 Å². The standard InChI is InChI=1S/C24H18FN3O6/c1-13-10-14(23(31)32)6-8-16(13)20-9-7-15(34-20)11-19-22(30)28(24(33)27-19)12-21(29)26-18-5-3-2-4-17(18)25/h2-11H,12H2,1H3,(H,26,29)(H,27,33)(H,31,32)/b19-11-. The van der Waals surface area contributed by atoms with Crippen LogP contribution in [0.25, 0.3) is 17.4 Å². The number of para-hydroxylation sites is 1. The molecule has 0 bridgehead atoms. The number of nitrogens with zero attached hydrogens (tertiary/aromatic N) is 1. The van der Waals surface area contributed by atoms with Crippen molar-refractivity contribution in [2.75, 3.05) is 11.9 Å². The van der Waals surface area contributed by atoms with Gasteiger partial charge in [0.1, 0.15) is 29.6 Å². The minimum absolute atomic E-state index is 0.0647. The molecule has 1 fully saturated rings. The summed E-state index contributed by atoms with van der Waals surface area (Å²) in [5.41, 5.74) is 1.34. The number of aromatic carboxylic acids is 1. The lowest BCUT2D eigenvalue weighted by Crippen LogP contribution is -2.38.